The first-order valence-electron chi connectivity index (χ1n) is 7.64. The van der Waals surface area contributed by atoms with E-state index < -0.39 is 0 Å². The Morgan fingerprint density at radius 2 is 1.82 bits per heavy atom. The van der Waals surface area contributed by atoms with Gasteiger partial charge in [-0.05, 0) is 42.5 Å². The van der Waals surface area contributed by atoms with Crippen LogP contribution >= 0.6 is 0 Å². The van der Waals surface area contributed by atoms with Gasteiger partial charge in [0.2, 0.25) is 5.91 Å². The highest BCUT2D eigenvalue weighted by Gasteiger charge is 2.43. The molecule has 1 N–H and O–H groups in total. The molecule has 1 aliphatic carbocycles. The number of carbonyl (C=O) groups excluding carboxylic acids is 1. The molecule has 2 unspecified atom stereocenters. The van der Waals surface area contributed by atoms with Crippen molar-refractivity contribution in [2.24, 2.45) is 5.92 Å². The maximum Gasteiger partial charge on any atom is 0.224 e. The molecule has 1 fully saturated rings. The molecule has 1 amide bonds. The van der Waals surface area contributed by atoms with Gasteiger partial charge in [-0.15, -0.1) is 0 Å². The topological polar surface area (TPSA) is 38.3 Å². The van der Waals surface area contributed by atoms with Gasteiger partial charge in [0.05, 0.1) is 7.11 Å². The number of ether oxygens (including phenoxy) is 1. The van der Waals surface area contributed by atoms with Crippen molar-refractivity contribution >= 4 is 5.91 Å². The molecule has 0 spiro atoms. The zero-order valence-corrected chi connectivity index (χ0v) is 13.0. The largest absolute Gasteiger partial charge is 0.497 e. The highest BCUT2D eigenvalue weighted by Crippen LogP contribution is 2.47. The molecule has 3 rings (SSSR count). The van der Waals surface area contributed by atoms with Crippen LogP contribution in [0.3, 0.4) is 0 Å². The van der Waals surface area contributed by atoms with Gasteiger partial charge in [-0.2, -0.15) is 0 Å². The summed E-state index contributed by atoms with van der Waals surface area (Å²) >= 11 is 0. The molecule has 2 atom stereocenters. The van der Waals surface area contributed by atoms with Gasteiger partial charge in [0.25, 0.3) is 0 Å². The minimum absolute atomic E-state index is 0.110. The van der Waals surface area contributed by atoms with Crippen LogP contribution < -0.4 is 10.1 Å². The molecular formula is C19H21NO2. The molecule has 3 heteroatoms. The summed E-state index contributed by atoms with van der Waals surface area (Å²) in [5, 5.41) is 3.04. The van der Waals surface area contributed by atoms with Crippen LogP contribution in [0.4, 0.5) is 0 Å². The zero-order chi connectivity index (χ0) is 15.5. The van der Waals surface area contributed by atoms with E-state index >= 15 is 0 Å². The summed E-state index contributed by atoms with van der Waals surface area (Å²) < 4.78 is 5.16. The molecule has 114 valence electrons. The quantitative estimate of drug-likeness (QED) is 0.918. The van der Waals surface area contributed by atoms with E-state index in [0.29, 0.717) is 12.5 Å². The van der Waals surface area contributed by atoms with Crippen molar-refractivity contribution in [3.63, 3.8) is 0 Å². The van der Waals surface area contributed by atoms with Crippen molar-refractivity contribution in [2.75, 3.05) is 7.11 Å². The van der Waals surface area contributed by atoms with Crippen LogP contribution in [0.2, 0.25) is 0 Å². The number of methoxy groups -OCH3 is 1. The summed E-state index contributed by atoms with van der Waals surface area (Å²) in [6.07, 6.45) is 0.937. The van der Waals surface area contributed by atoms with Gasteiger partial charge in [0.15, 0.2) is 0 Å². The molecular weight excluding hydrogens is 274 g/mol. The Morgan fingerprint density at radius 3 is 2.45 bits per heavy atom. The SMILES string of the molecule is COc1ccc(C2CC2C(=O)NCc2ccc(C)cc2)cc1. The molecule has 2 aromatic carbocycles. The maximum atomic E-state index is 12.2. The first kappa shape index (κ1) is 14.6. The van der Waals surface area contributed by atoms with E-state index in [-0.39, 0.29) is 11.8 Å². The summed E-state index contributed by atoms with van der Waals surface area (Å²) in [5.41, 5.74) is 3.59. The van der Waals surface area contributed by atoms with Gasteiger partial charge >= 0.3 is 0 Å². The predicted octanol–water partition coefficient (Wildman–Crippen LogP) is 3.42. The molecule has 0 heterocycles. The number of carbonyl (C=O) groups is 1. The third-order valence-electron chi connectivity index (χ3n) is 4.26. The first-order chi connectivity index (χ1) is 10.7. The van der Waals surface area contributed by atoms with Crippen molar-refractivity contribution in [3.05, 3.63) is 65.2 Å². The Bertz CT molecular complexity index is 646. The van der Waals surface area contributed by atoms with Crippen molar-refractivity contribution in [2.45, 2.75) is 25.8 Å². The van der Waals surface area contributed by atoms with E-state index in [4.69, 9.17) is 4.74 Å². The number of amides is 1. The summed E-state index contributed by atoms with van der Waals surface area (Å²) in [7, 11) is 1.66. The van der Waals surface area contributed by atoms with Crippen molar-refractivity contribution in [1.29, 1.82) is 0 Å². The van der Waals surface area contributed by atoms with Gasteiger partial charge in [0.1, 0.15) is 5.75 Å². The predicted molar refractivity (Wildman–Crippen MR) is 86.9 cm³/mol. The second-order valence-electron chi connectivity index (χ2n) is 5.93. The molecule has 0 saturated heterocycles. The van der Waals surface area contributed by atoms with E-state index in [1.165, 1.54) is 11.1 Å². The van der Waals surface area contributed by atoms with Gasteiger partial charge < -0.3 is 10.1 Å². The van der Waals surface area contributed by atoms with Gasteiger partial charge in [-0.3, -0.25) is 4.79 Å². The molecule has 0 bridgehead atoms. The number of benzene rings is 2. The summed E-state index contributed by atoms with van der Waals surface area (Å²) in [6.45, 7) is 2.66. The minimum atomic E-state index is 0.110. The Kier molecular flexibility index (Phi) is 4.14. The van der Waals surface area contributed by atoms with Crippen molar-refractivity contribution in [3.8, 4) is 5.75 Å². The summed E-state index contributed by atoms with van der Waals surface area (Å²) in [6, 6.07) is 16.3. The van der Waals surface area contributed by atoms with Gasteiger partial charge in [0, 0.05) is 12.5 Å². The van der Waals surface area contributed by atoms with E-state index in [2.05, 4.69) is 48.6 Å². The molecule has 0 aromatic heterocycles. The lowest BCUT2D eigenvalue weighted by Crippen LogP contribution is -2.24. The van der Waals surface area contributed by atoms with Crippen LogP contribution in [0.1, 0.15) is 29.0 Å². The summed E-state index contributed by atoms with van der Waals surface area (Å²) in [5.74, 6) is 1.47. The summed E-state index contributed by atoms with van der Waals surface area (Å²) in [4.78, 5) is 12.2. The smallest absolute Gasteiger partial charge is 0.224 e. The monoisotopic (exact) mass is 295 g/mol. The Hall–Kier alpha value is -2.29. The second-order valence-corrected chi connectivity index (χ2v) is 5.93. The number of rotatable bonds is 5. The zero-order valence-electron chi connectivity index (χ0n) is 13.0. The highest BCUT2D eigenvalue weighted by molar-refractivity contribution is 5.82. The molecule has 0 aliphatic heterocycles. The van der Waals surface area contributed by atoms with Crippen LogP contribution in [0.5, 0.6) is 5.75 Å². The van der Waals surface area contributed by atoms with Crippen LogP contribution in [-0.2, 0) is 11.3 Å². The van der Waals surface area contributed by atoms with Crippen LogP contribution in [-0.4, -0.2) is 13.0 Å². The third kappa shape index (κ3) is 3.30. The number of hydrogen-bond acceptors (Lipinski definition) is 2. The lowest BCUT2D eigenvalue weighted by molar-refractivity contribution is -0.122. The first-order valence-corrected chi connectivity index (χ1v) is 7.64. The van der Waals surface area contributed by atoms with E-state index in [1.807, 2.05) is 12.1 Å². The van der Waals surface area contributed by atoms with E-state index in [0.717, 1.165) is 17.7 Å². The minimum Gasteiger partial charge on any atom is -0.497 e. The van der Waals surface area contributed by atoms with E-state index in [9.17, 15) is 4.79 Å². The second kappa shape index (κ2) is 6.22. The molecule has 22 heavy (non-hydrogen) atoms. The van der Waals surface area contributed by atoms with Crippen LogP contribution in [0, 0.1) is 12.8 Å². The maximum absolute atomic E-state index is 12.2. The average molecular weight is 295 g/mol. The Balaban J connectivity index is 1.52. The van der Waals surface area contributed by atoms with Gasteiger partial charge in [-0.1, -0.05) is 42.0 Å². The van der Waals surface area contributed by atoms with E-state index in [1.54, 1.807) is 7.11 Å². The van der Waals surface area contributed by atoms with Crippen molar-refractivity contribution < 1.29 is 9.53 Å². The molecule has 1 saturated carbocycles. The normalized spacial score (nSPS) is 19.5. The van der Waals surface area contributed by atoms with Crippen LogP contribution in [0.25, 0.3) is 0 Å². The molecule has 0 radical (unpaired) electrons. The van der Waals surface area contributed by atoms with Crippen LogP contribution in [0.15, 0.2) is 48.5 Å². The average Bonchev–Trinajstić information content (AvgIpc) is 3.35. The Labute approximate surface area is 131 Å². The fourth-order valence-corrected chi connectivity index (χ4v) is 2.73. The highest BCUT2D eigenvalue weighted by atomic mass is 16.5. The number of aryl methyl sites for hydroxylation is 1. The molecule has 2 aromatic rings. The third-order valence-corrected chi connectivity index (χ3v) is 4.26. The number of nitrogens with one attached hydrogen (secondary N) is 1. The molecule has 1 aliphatic rings. The Morgan fingerprint density at radius 1 is 1.14 bits per heavy atom. The molecule has 3 nitrogen and oxygen atoms in total. The fraction of sp³-hybridized carbons (Fsp3) is 0.316. The fourth-order valence-electron chi connectivity index (χ4n) is 2.73. The number of hydrogen-bond donors (Lipinski definition) is 1. The lowest BCUT2D eigenvalue weighted by atomic mass is 10.1. The van der Waals surface area contributed by atoms with Crippen molar-refractivity contribution in [1.82, 2.24) is 5.32 Å². The lowest BCUT2D eigenvalue weighted by Gasteiger charge is -2.06. The standard InChI is InChI=1S/C19H21NO2/c1-13-3-5-14(6-4-13)12-20-19(21)18-11-17(18)15-7-9-16(22-2)10-8-15/h3-10,17-18H,11-12H2,1-2H3,(H,20,21). The van der Waals surface area contributed by atoms with Gasteiger partial charge in [-0.25, -0.2) is 0 Å².